The quantitative estimate of drug-likeness (QED) is 0.280. The molecule has 0 aliphatic carbocycles. The van der Waals surface area contributed by atoms with Gasteiger partial charge in [-0.3, -0.25) is 9.78 Å². The summed E-state index contributed by atoms with van der Waals surface area (Å²) in [5.74, 6) is -0.0102. The fourth-order valence-corrected chi connectivity index (χ4v) is 5.11. The number of nitrogens with one attached hydrogen (secondary N) is 2. The van der Waals surface area contributed by atoms with Crippen molar-refractivity contribution in [2.24, 2.45) is 7.05 Å². The summed E-state index contributed by atoms with van der Waals surface area (Å²) in [6, 6.07) is 8.28. The maximum Gasteiger partial charge on any atom is 0.407 e. The van der Waals surface area contributed by atoms with Gasteiger partial charge >= 0.3 is 6.09 Å². The van der Waals surface area contributed by atoms with Gasteiger partial charge in [-0.1, -0.05) is 0 Å². The predicted molar refractivity (Wildman–Crippen MR) is 144 cm³/mol. The number of H-pyrrole nitrogens is 1. The van der Waals surface area contributed by atoms with E-state index in [1.165, 1.54) is 19.2 Å². The highest BCUT2D eigenvalue weighted by Gasteiger charge is 2.24. The Bertz CT molecular complexity index is 1630. The molecule has 1 aromatic carbocycles. The summed E-state index contributed by atoms with van der Waals surface area (Å²) in [7, 11) is 3.36. The molecule has 0 fully saturated rings. The minimum absolute atomic E-state index is 0.188. The van der Waals surface area contributed by atoms with Crippen molar-refractivity contribution in [1.29, 1.82) is 0 Å². The zero-order valence-corrected chi connectivity index (χ0v) is 22.4. The molecule has 0 radical (unpaired) electrons. The van der Waals surface area contributed by atoms with Crippen molar-refractivity contribution in [3.8, 4) is 39.5 Å². The number of aromatic nitrogens is 5. The third kappa shape index (κ3) is 5.10. The molecular weight excluding hydrogens is 507 g/mol. The van der Waals surface area contributed by atoms with Crippen LogP contribution in [0.25, 0.3) is 43.9 Å². The van der Waals surface area contributed by atoms with E-state index in [9.17, 15) is 9.18 Å². The Hall–Kier alpha value is -4.25. The van der Waals surface area contributed by atoms with E-state index in [0.717, 1.165) is 26.9 Å². The van der Waals surface area contributed by atoms with Crippen molar-refractivity contribution in [2.75, 3.05) is 7.11 Å². The third-order valence-corrected chi connectivity index (χ3v) is 6.65. The summed E-state index contributed by atoms with van der Waals surface area (Å²) in [5, 5.41) is 17.5. The van der Waals surface area contributed by atoms with Crippen LogP contribution in [0.1, 0.15) is 26.5 Å². The Labute approximate surface area is 222 Å². The van der Waals surface area contributed by atoms with E-state index in [0.29, 0.717) is 28.4 Å². The number of hydrogen-bond acceptors (Lipinski definition) is 7. The largest absolute Gasteiger partial charge is 0.496 e. The average molecular weight is 535 g/mol. The first-order valence-corrected chi connectivity index (χ1v) is 12.8. The molecule has 0 aliphatic heterocycles. The number of carbonyl (C=O) groups is 1. The van der Waals surface area contributed by atoms with Crippen molar-refractivity contribution in [1.82, 2.24) is 30.3 Å². The van der Waals surface area contributed by atoms with Gasteiger partial charge in [0.15, 0.2) is 0 Å². The van der Waals surface area contributed by atoms with Crippen LogP contribution in [0.15, 0.2) is 48.1 Å². The van der Waals surface area contributed by atoms with E-state index in [-0.39, 0.29) is 6.54 Å². The van der Waals surface area contributed by atoms with Crippen LogP contribution in [0.3, 0.4) is 0 Å². The van der Waals surface area contributed by atoms with Gasteiger partial charge in [0.05, 0.1) is 31.2 Å². The molecule has 0 saturated carbocycles. The molecule has 4 aromatic heterocycles. The Morgan fingerprint density at radius 2 is 2.03 bits per heavy atom. The van der Waals surface area contributed by atoms with Crippen LogP contribution >= 0.6 is 11.3 Å². The lowest BCUT2D eigenvalue weighted by Gasteiger charge is -2.19. The maximum absolute atomic E-state index is 14.1. The molecule has 0 bridgehead atoms. The number of nitrogens with zero attached hydrogens (tertiary/aromatic N) is 4. The summed E-state index contributed by atoms with van der Waals surface area (Å²) >= 11 is 1.55. The van der Waals surface area contributed by atoms with Gasteiger partial charge < -0.3 is 14.8 Å². The summed E-state index contributed by atoms with van der Waals surface area (Å²) in [6.07, 6.45) is 3.15. The number of carbonyl (C=O) groups excluding carboxylic acids is 1. The number of hydrogen-bond donors (Lipinski definition) is 2. The fourth-order valence-electron chi connectivity index (χ4n) is 4.15. The van der Waals surface area contributed by atoms with Crippen molar-refractivity contribution in [3.63, 3.8) is 0 Å². The van der Waals surface area contributed by atoms with Crippen molar-refractivity contribution in [2.45, 2.75) is 32.9 Å². The number of fused-ring (bicyclic) bond motifs is 1. The number of benzene rings is 1. The molecule has 5 rings (SSSR count). The summed E-state index contributed by atoms with van der Waals surface area (Å²) < 4.78 is 27.7. The summed E-state index contributed by atoms with van der Waals surface area (Å²) in [6.45, 7) is 5.60. The van der Waals surface area contributed by atoms with Crippen molar-refractivity contribution < 1.29 is 18.7 Å². The van der Waals surface area contributed by atoms with E-state index in [2.05, 4.69) is 20.6 Å². The standard InChI is InChI=1S/C27H27FN6O3S/c1-27(2,3)37-26(35)29-13-17-11-20(33-32-17)24-22(18-7-6-16(28)10-21(18)36-5)25-19(8-9-38-25)23(31-24)15-12-30-34(4)14-15/h6-12,14H,13H2,1-5H3,(H,29,35)(H,32,33). The van der Waals surface area contributed by atoms with E-state index in [4.69, 9.17) is 14.5 Å². The number of amides is 1. The number of methoxy groups -OCH3 is 1. The summed E-state index contributed by atoms with van der Waals surface area (Å²) in [5.41, 5.74) is 4.29. The van der Waals surface area contributed by atoms with E-state index < -0.39 is 17.5 Å². The Morgan fingerprint density at radius 3 is 2.74 bits per heavy atom. The number of rotatable bonds is 6. The predicted octanol–water partition coefficient (Wildman–Crippen LogP) is 5.93. The smallest absolute Gasteiger partial charge is 0.407 e. The normalized spacial score (nSPS) is 11.6. The number of aryl methyl sites for hydroxylation is 1. The highest BCUT2D eigenvalue weighted by Crippen LogP contribution is 2.45. The van der Waals surface area contributed by atoms with Gasteiger partial charge in [-0.2, -0.15) is 10.2 Å². The lowest BCUT2D eigenvalue weighted by Crippen LogP contribution is -2.32. The molecule has 0 unspecified atom stereocenters. The first-order chi connectivity index (χ1) is 18.1. The molecule has 0 atom stereocenters. The second-order valence-electron chi connectivity index (χ2n) is 9.73. The monoisotopic (exact) mass is 534 g/mol. The molecule has 38 heavy (non-hydrogen) atoms. The van der Waals surface area contributed by atoms with Gasteiger partial charge in [-0.15, -0.1) is 11.3 Å². The Morgan fingerprint density at radius 1 is 1.21 bits per heavy atom. The minimum Gasteiger partial charge on any atom is -0.496 e. The molecule has 11 heteroatoms. The van der Waals surface area contributed by atoms with E-state index >= 15 is 0 Å². The second kappa shape index (κ2) is 9.90. The fraction of sp³-hybridized carbons (Fsp3) is 0.259. The van der Waals surface area contributed by atoms with Crippen LogP contribution in [0.4, 0.5) is 9.18 Å². The van der Waals surface area contributed by atoms with Crippen molar-refractivity contribution in [3.05, 3.63) is 59.6 Å². The second-order valence-corrected chi connectivity index (χ2v) is 10.6. The third-order valence-electron chi connectivity index (χ3n) is 5.71. The Kier molecular flexibility index (Phi) is 6.62. The molecule has 196 valence electrons. The SMILES string of the molecule is COc1cc(F)ccc1-c1c(-c2cc(CNC(=O)OC(C)(C)C)[nH]n2)nc(-c2cnn(C)c2)c2ccsc12. The highest BCUT2D eigenvalue weighted by atomic mass is 32.1. The maximum atomic E-state index is 14.1. The number of aromatic amines is 1. The molecule has 5 aromatic rings. The topological polar surface area (TPSA) is 107 Å². The first kappa shape index (κ1) is 25.4. The van der Waals surface area contributed by atoms with Crippen molar-refractivity contribution >= 4 is 27.5 Å². The van der Waals surface area contributed by atoms with Crippen LogP contribution in [0, 0.1) is 5.82 Å². The molecule has 1 amide bonds. The number of thiophene rings is 1. The van der Waals surface area contributed by atoms with Crippen LogP contribution in [-0.2, 0) is 18.3 Å². The summed E-state index contributed by atoms with van der Waals surface area (Å²) in [4.78, 5) is 17.2. The zero-order chi connectivity index (χ0) is 27.0. The minimum atomic E-state index is -0.602. The van der Waals surface area contributed by atoms with Gasteiger partial charge in [0.25, 0.3) is 0 Å². The first-order valence-electron chi connectivity index (χ1n) is 11.9. The van der Waals surface area contributed by atoms with Crippen LogP contribution in [0.2, 0.25) is 0 Å². The highest BCUT2D eigenvalue weighted by molar-refractivity contribution is 7.18. The number of alkyl carbamates (subject to hydrolysis) is 1. The number of halogens is 1. The molecule has 2 N–H and O–H groups in total. The zero-order valence-electron chi connectivity index (χ0n) is 21.6. The van der Waals surface area contributed by atoms with Gasteiger partial charge in [0.2, 0.25) is 0 Å². The Balaban J connectivity index is 1.64. The molecule has 4 heterocycles. The number of pyridine rings is 1. The van der Waals surface area contributed by atoms with Crippen LogP contribution in [0.5, 0.6) is 5.75 Å². The lowest BCUT2D eigenvalue weighted by molar-refractivity contribution is 0.0523. The molecule has 0 aliphatic rings. The van der Waals surface area contributed by atoms with Crippen LogP contribution < -0.4 is 10.1 Å². The van der Waals surface area contributed by atoms with Gasteiger partial charge in [-0.25, -0.2) is 14.2 Å². The molecule has 0 spiro atoms. The van der Waals surface area contributed by atoms with Gasteiger partial charge in [0, 0.05) is 46.1 Å². The molecule has 9 nitrogen and oxygen atoms in total. The van der Waals surface area contributed by atoms with Gasteiger partial charge in [-0.05, 0) is 50.4 Å². The average Bonchev–Trinajstić information content (AvgIpc) is 3.62. The molecule has 0 saturated heterocycles. The number of ether oxygens (including phenoxy) is 2. The van der Waals surface area contributed by atoms with E-state index in [1.807, 2.05) is 30.8 Å². The van der Waals surface area contributed by atoms with Crippen LogP contribution in [-0.4, -0.2) is 43.8 Å². The van der Waals surface area contributed by atoms with Gasteiger partial charge in [0.1, 0.15) is 28.6 Å². The van der Waals surface area contributed by atoms with E-state index in [1.54, 1.807) is 49.1 Å². The lowest BCUT2D eigenvalue weighted by atomic mass is 9.97. The molecular formula is C27H27FN6O3S.